The van der Waals surface area contributed by atoms with E-state index in [1.54, 1.807) is 11.0 Å². The van der Waals surface area contributed by atoms with Crippen molar-refractivity contribution < 1.29 is 14.6 Å². The Labute approximate surface area is 142 Å². The van der Waals surface area contributed by atoms with Crippen LogP contribution in [0.4, 0.5) is 4.79 Å². The highest BCUT2D eigenvalue weighted by Gasteiger charge is 2.22. The lowest BCUT2D eigenvalue weighted by molar-refractivity contribution is 0.129. The zero-order valence-electron chi connectivity index (χ0n) is 13.6. The number of benzene rings is 1. The maximum atomic E-state index is 12.2. The molecular formula is C17H25ClN2O3. The van der Waals surface area contributed by atoms with Crippen molar-refractivity contribution in [3.63, 3.8) is 0 Å². The van der Waals surface area contributed by atoms with E-state index in [0.29, 0.717) is 31.1 Å². The molecule has 1 aliphatic rings. The van der Waals surface area contributed by atoms with Crippen molar-refractivity contribution in [2.24, 2.45) is 5.92 Å². The molecule has 5 nitrogen and oxygen atoms in total. The minimum atomic E-state index is -0.0665. The first-order valence-corrected chi connectivity index (χ1v) is 8.56. The summed E-state index contributed by atoms with van der Waals surface area (Å²) in [7, 11) is 0. The number of nitrogens with one attached hydrogen (secondary N) is 1. The molecule has 23 heavy (non-hydrogen) atoms. The molecule has 1 saturated heterocycles. The average Bonchev–Trinajstić information content (AvgIpc) is 2.57. The third kappa shape index (κ3) is 5.29. The van der Waals surface area contributed by atoms with Gasteiger partial charge in [-0.15, -0.1) is 0 Å². The maximum absolute atomic E-state index is 12.2. The first-order chi connectivity index (χ1) is 11.1. The van der Waals surface area contributed by atoms with E-state index in [1.165, 1.54) is 0 Å². The molecule has 1 aromatic rings. The quantitative estimate of drug-likeness (QED) is 0.837. The Bertz CT molecular complexity index is 525. The molecule has 1 heterocycles. The van der Waals surface area contributed by atoms with Gasteiger partial charge < -0.3 is 20.1 Å². The van der Waals surface area contributed by atoms with Gasteiger partial charge in [0.15, 0.2) is 0 Å². The van der Waals surface area contributed by atoms with E-state index in [0.717, 1.165) is 30.7 Å². The number of likely N-dealkylation sites (tertiary alicyclic amines) is 1. The molecule has 2 amide bonds. The summed E-state index contributed by atoms with van der Waals surface area (Å²) in [6.45, 7) is 4.59. The number of amides is 2. The fourth-order valence-corrected chi connectivity index (χ4v) is 3.05. The lowest BCUT2D eigenvalue weighted by atomic mass is 9.99. The highest BCUT2D eigenvalue weighted by atomic mass is 35.5. The normalized spacial score (nSPS) is 17.9. The van der Waals surface area contributed by atoms with Crippen LogP contribution in [0.15, 0.2) is 18.2 Å². The number of aliphatic hydroxyl groups excluding tert-OH is 1. The van der Waals surface area contributed by atoms with E-state index in [-0.39, 0.29) is 18.6 Å². The minimum Gasteiger partial charge on any atom is -0.494 e. The third-order valence-electron chi connectivity index (χ3n) is 4.06. The average molecular weight is 341 g/mol. The number of carbonyl (C=O) groups excluding carboxylic acids is 1. The van der Waals surface area contributed by atoms with Crippen LogP contribution in [0.2, 0.25) is 5.02 Å². The largest absolute Gasteiger partial charge is 0.494 e. The summed E-state index contributed by atoms with van der Waals surface area (Å²) >= 11 is 6.04. The molecule has 0 aliphatic carbocycles. The number of hydrogen-bond donors (Lipinski definition) is 2. The van der Waals surface area contributed by atoms with Gasteiger partial charge in [0.2, 0.25) is 0 Å². The van der Waals surface area contributed by atoms with E-state index < -0.39 is 0 Å². The first-order valence-electron chi connectivity index (χ1n) is 8.19. The number of hydrogen-bond acceptors (Lipinski definition) is 3. The SMILES string of the molecule is CCOc1ccc(Cl)cc1CCNC(=O)N1CCC[C@@H](CO)C1. The van der Waals surface area contributed by atoms with Crippen LogP contribution in [0, 0.1) is 5.92 Å². The predicted octanol–water partition coefficient (Wildman–Crippen LogP) is 2.70. The molecular weight excluding hydrogens is 316 g/mol. The van der Waals surface area contributed by atoms with Crippen molar-refractivity contribution in [3.8, 4) is 5.75 Å². The molecule has 1 fully saturated rings. The van der Waals surface area contributed by atoms with Crippen LogP contribution in [-0.2, 0) is 6.42 Å². The van der Waals surface area contributed by atoms with Crippen molar-refractivity contribution >= 4 is 17.6 Å². The third-order valence-corrected chi connectivity index (χ3v) is 4.29. The smallest absolute Gasteiger partial charge is 0.317 e. The summed E-state index contributed by atoms with van der Waals surface area (Å²) in [5.74, 6) is 1.01. The lowest BCUT2D eigenvalue weighted by Crippen LogP contribution is -2.46. The van der Waals surface area contributed by atoms with Crippen molar-refractivity contribution in [2.45, 2.75) is 26.2 Å². The number of aliphatic hydroxyl groups is 1. The summed E-state index contributed by atoms with van der Waals surface area (Å²) in [4.78, 5) is 14.0. The van der Waals surface area contributed by atoms with Crippen LogP contribution in [-0.4, -0.2) is 48.9 Å². The predicted molar refractivity (Wildman–Crippen MR) is 91.1 cm³/mol. The zero-order chi connectivity index (χ0) is 16.7. The van der Waals surface area contributed by atoms with Gasteiger partial charge in [0.25, 0.3) is 0 Å². The van der Waals surface area contributed by atoms with Crippen molar-refractivity contribution in [3.05, 3.63) is 28.8 Å². The Morgan fingerprint density at radius 2 is 2.35 bits per heavy atom. The fraction of sp³-hybridized carbons (Fsp3) is 0.588. The van der Waals surface area contributed by atoms with Crippen LogP contribution in [0.5, 0.6) is 5.75 Å². The van der Waals surface area contributed by atoms with Crippen LogP contribution >= 0.6 is 11.6 Å². The number of rotatable bonds is 6. The Balaban J connectivity index is 1.84. The number of ether oxygens (including phenoxy) is 1. The molecule has 2 N–H and O–H groups in total. The Morgan fingerprint density at radius 3 is 3.09 bits per heavy atom. The van der Waals surface area contributed by atoms with Crippen molar-refractivity contribution in [2.75, 3.05) is 32.8 Å². The van der Waals surface area contributed by atoms with Gasteiger partial charge >= 0.3 is 6.03 Å². The molecule has 0 saturated carbocycles. The standard InChI is InChI=1S/C17H25ClN2O3/c1-2-23-16-6-5-15(18)10-14(16)7-8-19-17(22)20-9-3-4-13(11-20)12-21/h5-6,10,13,21H,2-4,7-9,11-12H2,1H3,(H,19,22)/t13-/m1/s1. The van der Waals surface area contributed by atoms with Gasteiger partial charge in [0.05, 0.1) is 6.61 Å². The summed E-state index contributed by atoms with van der Waals surface area (Å²) in [6, 6.07) is 5.47. The molecule has 6 heteroatoms. The van der Waals surface area contributed by atoms with E-state index in [2.05, 4.69) is 5.32 Å². The second-order valence-electron chi connectivity index (χ2n) is 5.80. The van der Waals surface area contributed by atoms with Gasteiger partial charge in [-0.1, -0.05) is 11.6 Å². The molecule has 0 bridgehead atoms. The summed E-state index contributed by atoms with van der Waals surface area (Å²) < 4.78 is 5.58. The highest BCUT2D eigenvalue weighted by molar-refractivity contribution is 6.30. The van der Waals surface area contributed by atoms with Crippen LogP contribution in [0.25, 0.3) is 0 Å². The Kier molecular flexibility index (Phi) is 6.99. The number of urea groups is 1. The number of piperidine rings is 1. The molecule has 1 aromatic carbocycles. The summed E-state index contributed by atoms with van der Waals surface area (Å²) in [5, 5.41) is 12.8. The molecule has 2 rings (SSSR count). The summed E-state index contributed by atoms with van der Waals surface area (Å²) in [6.07, 6.45) is 2.60. The molecule has 1 atom stereocenters. The maximum Gasteiger partial charge on any atom is 0.317 e. The van der Waals surface area contributed by atoms with Crippen molar-refractivity contribution in [1.82, 2.24) is 10.2 Å². The molecule has 0 spiro atoms. The Morgan fingerprint density at radius 1 is 1.52 bits per heavy atom. The molecule has 0 aromatic heterocycles. The van der Waals surface area contributed by atoms with Crippen LogP contribution in [0.3, 0.4) is 0 Å². The minimum absolute atomic E-state index is 0.0665. The van der Waals surface area contributed by atoms with Gasteiger partial charge in [0.1, 0.15) is 5.75 Å². The van der Waals surface area contributed by atoms with E-state index in [4.69, 9.17) is 16.3 Å². The highest BCUT2D eigenvalue weighted by Crippen LogP contribution is 2.23. The van der Waals surface area contributed by atoms with E-state index in [9.17, 15) is 9.90 Å². The van der Waals surface area contributed by atoms with Gasteiger partial charge in [-0.05, 0) is 55.9 Å². The van der Waals surface area contributed by atoms with E-state index >= 15 is 0 Å². The van der Waals surface area contributed by atoms with Gasteiger partial charge in [-0.3, -0.25) is 0 Å². The van der Waals surface area contributed by atoms with Gasteiger partial charge in [-0.2, -0.15) is 0 Å². The molecule has 0 radical (unpaired) electrons. The van der Waals surface area contributed by atoms with Crippen molar-refractivity contribution in [1.29, 1.82) is 0 Å². The molecule has 0 unspecified atom stereocenters. The first kappa shape index (κ1) is 17.9. The summed E-state index contributed by atoms with van der Waals surface area (Å²) in [5.41, 5.74) is 0.992. The van der Waals surface area contributed by atoms with Gasteiger partial charge in [-0.25, -0.2) is 4.79 Å². The van der Waals surface area contributed by atoms with Crippen LogP contribution in [0.1, 0.15) is 25.3 Å². The topological polar surface area (TPSA) is 61.8 Å². The van der Waals surface area contributed by atoms with E-state index in [1.807, 2.05) is 19.1 Å². The number of halogens is 1. The monoisotopic (exact) mass is 340 g/mol. The zero-order valence-corrected chi connectivity index (χ0v) is 14.3. The fourth-order valence-electron chi connectivity index (χ4n) is 2.85. The molecule has 1 aliphatic heterocycles. The number of nitrogens with zero attached hydrogens (tertiary/aromatic N) is 1. The number of carbonyl (C=O) groups is 1. The van der Waals surface area contributed by atoms with Crippen LogP contribution < -0.4 is 10.1 Å². The molecule has 128 valence electrons. The Hall–Kier alpha value is -1.46. The second-order valence-corrected chi connectivity index (χ2v) is 6.24. The van der Waals surface area contributed by atoms with Gasteiger partial charge in [0, 0.05) is 31.3 Å². The lowest BCUT2D eigenvalue weighted by Gasteiger charge is -2.31. The second kappa shape index (κ2) is 8.99.